The number of nitriles is 1. The first-order valence-corrected chi connectivity index (χ1v) is 10.6. The van der Waals surface area contributed by atoms with Gasteiger partial charge in [0.2, 0.25) is 0 Å². The smallest absolute Gasteiger partial charge is 0.335 e. The van der Waals surface area contributed by atoms with Gasteiger partial charge < -0.3 is 25.2 Å². The lowest BCUT2D eigenvalue weighted by Gasteiger charge is -2.13. The van der Waals surface area contributed by atoms with Crippen LogP contribution in [0.1, 0.15) is 31.8 Å². The van der Waals surface area contributed by atoms with Gasteiger partial charge in [0, 0.05) is 28.4 Å². The Morgan fingerprint density at radius 3 is 2.57 bits per heavy atom. The molecule has 0 atom stereocenters. The summed E-state index contributed by atoms with van der Waals surface area (Å²) in [5, 5.41) is 23.9. The van der Waals surface area contributed by atoms with Crippen LogP contribution in [-0.2, 0) is 11.3 Å². The second-order valence-corrected chi connectivity index (χ2v) is 7.66. The average Bonchev–Trinajstić information content (AvgIpc) is 2.85. The number of hydrogen-bond donors (Lipinski definition) is 3. The summed E-state index contributed by atoms with van der Waals surface area (Å²) in [6, 6.07) is 17.0. The fourth-order valence-electron chi connectivity index (χ4n) is 3.06. The number of hydrogen-bond acceptors (Lipinski definition) is 6. The molecule has 0 saturated carbocycles. The molecular weight excluding hydrogens is 474 g/mol. The van der Waals surface area contributed by atoms with Crippen molar-refractivity contribution in [3.8, 4) is 17.6 Å². The van der Waals surface area contributed by atoms with Crippen molar-refractivity contribution in [1.82, 2.24) is 5.32 Å². The van der Waals surface area contributed by atoms with E-state index in [4.69, 9.17) is 26.2 Å². The maximum absolute atomic E-state index is 12.6. The SMILES string of the molecule is COc1cc(Cl)cc(C(=O)NCc2ccc(C#N)cc2OCC(=O)Nc2cccc(C(=O)O)c2)c1. The predicted molar refractivity (Wildman–Crippen MR) is 128 cm³/mol. The van der Waals surface area contributed by atoms with Crippen molar-refractivity contribution in [1.29, 1.82) is 5.26 Å². The van der Waals surface area contributed by atoms with Crippen molar-refractivity contribution in [3.63, 3.8) is 0 Å². The van der Waals surface area contributed by atoms with Crippen LogP contribution in [0.5, 0.6) is 11.5 Å². The first-order chi connectivity index (χ1) is 16.8. The number of nitrogens with one attached hydrogen (secondary N) is 2. The first kappa shape index (κ1) is 25.1. The zero-order valence-corrected chi connectivity index (χ0v) is 19.3. The molecule has 0 spiro atoms. The molecule has 0 aliphatic rings. The van der Waals surface area contributed by atoms with Crippen LogP contribution >= 0.6 is 11.6 Å². The minimum absolute atomic E-state index is 0.0285. The summed E-state index contributed by atoms with van der Waals surface area (Å²) in [7, 11) is 1.47. The Bertz CT molecular complexity index is 1320. The standard InChI is InChI=1S/C25H20ClN3O6/c1-34-21-10-18(8-19(26)11-21)24(31)28-13-17-6-5-15(12-27)7-22(17)35-14-23(30)29-20-4-2-3-16(9-20)25(32)33/h2-11H,13-14H2,1H3,(H,28,31)(H,29,30)(H,32,33). The largest absolute Gasteiger partial charge is 0.497 e. The molecule has 9 nitrogen and oxygen atoms in total. The number of halogens is 1. The molecule has 0 aliphatic heterocycles. The number of rotatable bonds is 9. The molecule has 3 aromatic carbocycles. The summed E-state index contributed by atoms with van der Waals surface area (Å²) < 4.78 is 10.7. The highest BCUT2D eigenvalue weighted by atomic mass is 35.5. The molecule has 3 aromatic rings. The lowest BCUT2D eigenvalue weighted by atomic mass is 10.1. The number of carboxylic acids is 1. The summed E-state index contributed by atoms with van der Waals surface area (Å²) in [6.07, 6.45) is 0. The van der Waals surface area contributed by atoms with Crippen LogP contribution < -0.4 is 20.1 Å². The van der Waals surface area contributed by atoms with Gasteiger partial charge in [-0.05, 0) is 48.5 Å². The second kappa shape index (κ2) is 11.5. The minimum atomic E-state index is -1.12. The maximum atomic E-state index is 12.6. The Kier molecular flexibility index (Phi) is 8.27. The highest BCUT2D eigenvalue weighted by molar-refractivity contribution is 6.31. The summed E-state index contributed by atoms with van der Waals surface area (Å²) >= 11 is 6.02. The van der Waals surface area contributed by atoms with Gasteiger partial charge in [-0.3, -0.25) is 9.59 Å². The quantitative estimate of drug-likeness (QED) is 0.411. The Labute approximate surface area is 205 Å². The molecule has 0 radical (unpaired) electrons. The van der Waals surface area contributed by atoms with Crippen molar-refractivity contribution in [2.45, 2.75) is 6.54 Å². The number of amides is 2. The molecule has 3 rings (SSSR count). The average molecular weight is 494 g/mol. The molecule has 0 aromatic heterocycles. The van der Waals surface area contributed by atoms with Gasteiger partial charge in [-0.25, -0.2) is 4.79 Å². The summed E-state index contributed by atoms with van der Waals surface area (Å²) in [4.78, 5) is 36.0. The van der Waals surface area contributed by atoms with E-state index in [0.717, 1.165) is 0 Å². The first-order valence-electron chi connectivity index (χ1n) is 10.2. The van der Waals surface area contributed by atoms with E-state index in [9.17, 15) is 19.6 Å². The third kappa shape index (κ3) is 6.96. The molecule has 3 N–H and O–H groups in total. The zero-order valence-electron chi connectivity index (χ0n) is 18.5. The van der Waals surface area contributed by atoms with Gasteiger partial charge in [-0.15, -0.1) is 0 Å². The fraction of sp³-hybridized carbons (Fsp3) is 0.120. The number of methoxy groups -OCH3 is 1. The van der Waals surface area contributed by atoms with E-state index < -0.39 is 24.4 Å². The van der Waals surface area contributed by atoms with Crippen LogP contribution in [0, 0.1) is 11.3 Å². The van der Waals surface area contributed by atoms with Crippen LogP contribution in [-0.4, -0.2) is 36.6 Å². The Balaban J connectivity index is 1.68. The van der Waals surface area contributed by atoms with Gasteiger partial charge in [0.15, 0.2) is 6.61 Å². The fourth-order valence-corrected chi connectivity index (χ4v) is 3.29. The van der Waals surface area contributed by atoms with Gasteiger partial charge in [0.05, 0.1) is 24.3 Å². The number of carbonyl (C=O) groups excluding carboxylic acids is 2. The maximum Gasteiger partial charge on any atom is 0.335 e. The van der Waals surface area contributed by atoms with Crippen LogP contribution in [0.25, 0.3) is 0 Å². The van der Waals surface area contributed by atoms with E-state index in [-0.39, 0.29) is 17.9 Å². The van der Waals surface area contributed by atoms with Crippen LogP contribution in [0.15, 0.2) is 60.7 Å². The monoisotopic (exact) mass is 493 g/mol. The lowest BCUT2D eigenvalue weighted by Crippen LogP contribution is -2.24. The van der Waals surface area contributed by atoms with Crippen LogP contribution in [0.4, 0.5) is 5.69 Å². The number of benzene rings is 3. The Morgan fingerprint density at radius 1 is 1.06 bits per heavy atom. The number of carbonyl (C=O) groups is 3. The molecule has 35 heavy (non-hydrogen) atoms. The molecular formula is C25H20ClN3O6. The molecule has 0 saturated heterocycles. The molecule has 10 heteroatoms. The number of aromatic carboxylic acids is 1. The third-order valence-electron chi connectivity index (χ3n) is 4.76. The molecule has 178 valence electrons. The van der Waals surface area contributed by atoms with Crippen molar-refractivity contribution in [2.24, 2.45) is 0 Å². The number of ether oxygens (including phenoxy) is 2. The van der Waals surface area contributed by atoms with Gasteiger partial charge in [-0.1, -0.05) is 23.7 Å². The zero-order chi connectivity index (χ0) is 25.4. The summed E-state index contributed by atoms with van der Waals surface area (Å²) in [5.74, 6) is -1.38. The van der Waals surface area contributed by atoms with Gasteiger partial charge in [0.25, 0.3) is 11.8 Å². The van der Waals surface area contributed by atoms with E-state index in [2.05, 4.69) is 10.6 Å². The van der Waals surface area contributed by atoms with Crippen molar-refractivity contribution < 1.29 is 29.0 Å². The molecule has 0 heterocycles. The van der Waals surface area contributed by atoms with E-state index in [1.807, 2.05) is 6.07 Å². The van der Waals surface area contributed by atoms with Gasteiger partial charge in [0.1, 0.15) is 11.5 Å². The Hall–Kier alpha value is -4.55. The predicted octanol–water partition coefficient (Wildman–Crippen LogP) is 3.87. The van der Waals surface area contributed by atoms with Crippen LogP contribution in [0.2, 0.25) is 5.02 Å². The van der Waals surface area contributed by atoms with E-state index in [1.54, 1.807) is 30.3 Å². The topological polar surface area (TPSA) is 138 Å². The van der Waals surface area contributed by atoms with Gasteiger partial charge in [-0.2, -0.15) is 5.26 Å². The van der Waals surface area contributed by atoms with Crippen molar-refractivity contribution in [3.05, 3.63) is 87.9 Å². The highest BCUT2D eigenvalue weighted by Crippen LogP contribution is 2.23. The van der Waals surface area contributed by atoms with Crippen molar-refractivity contribution >= 4 is 35.1 Å². The second-order valence-electron chi connectivity index (χ2n) is 7.22. The van der Waals surface area contributed by atoms with Gasteiger partial charge >= 0.3 is 5.97 Å². The lowest BCUT2D eigenvalue weighted by molar-refractivity contribution is -0.118. The molecule has 0 aliphatic carbocycles. The highest BCUT2D eigenvalue weighted by Gasteiger charge is 2.13. The third-order valence-corrected chi connectivity index (χ3v) is 4.98. The number of nitrogens with zero attached hydrogens (tertiary/aromatic N) is 1. The minimum Gasteiger partial charge on any atom is -0.497 e. The Morgan fingerprint density at radius 2 is 1.86 bits per heavy atom. The van der Waals surface area contributed by atoms with Crippen molar-refractivity contribution in [2.75, 3.05) is 19.0 Å². The number of carboxylic acid groups (broad SMARTS) is 1. The molecule has 0 unspecified atom stereocenters. The van der Waals surface area contributed by atoms with E-state index in [1.165, 1.54) is 37.4 Å². The summed E-state index contributed by atoms with van der Waals surface area (Å²) in [5.41, 5.74) is 1.47. The molecule has 0 bridgehead atoms. The van der Waals surface area contributed by atoms with E-state index in [0.29, 0.717) is 33.1 Å². The molecule has 0 fully saturated rings. The normalized spacial score (nSPS) is 10.1. The van der Waals surface area contributed by atoms with Crippen LogP contribution in [0.3, 0.4) is 0 Å². The molecule has 2 amide bonds. The summed E-state index contributed by atoms with van der Waals surface area (Å²) in [6.45, 7) is -0.352. The number of anilines is 1. The van der Waals surface area contributed by atoms with E-state index >= 15 is 0 Å².